The first-order valence-electron chi connectivity index (χ1n) is 6.15. The van der Waals surface area contributed by atoms with E-state index in [1.54, 1.807) is 25.1 Å². The predicted molar refractivity (Wildman–Crippen MR) is 68.2 cm³/mol. The number of hydrogen-bond donors (Lipinski definition) is 1. The molecule has 1 N–H and O–H groups in total. The van der Waals surface area contributed by atoms with Crippen LogP contribution in [0.1, 0.15) is 31.2 Å². The molecule has 1 amide bonds. The Bertz CT molecular complexity index is 628. The third-order valence-corrected chi connectivity index (χ3v) is 6.77. The fourth-order valence-corrected chi connectivity index (χ4v) is 5.52. The number of fused-ring (bicyclic) bond motifs is 1. The topological polar surface area (TPSA) is 63.2 Å². The maximum atomic E-state index is 12.8. The molecule has 2 aliphatic rings. The number of hydrogen-bond acceptors (Lipinski definition) is 3. The third kappa shape index (κ3) is 1.25. The van der Waals surface area contributed by atoms with E-state index in [9.17, 15) is 13.2 Å². The van der Waals surface area contributed by atoms with Gasteiger partial charge in [-0.2, -0.15) is 0 Å². The lowest BCUT2D eigenvalue weighted by atomic mass is 10.1. The van der Waals surface area contributed by atoms with Crippen LogP contribution < -0.4 is 5.32 Å². The Hall–Kier alpha value is -1.36. The molecule has 1 aliphatic heterocycles. The van der Waals surface area contributed by atoms with Crippen LogP contribution in [0.2, 0.25) is 0 Å². The summed E-state index contributed by atoms with van der Waals surface area (Å²) in [5, 5.41) is 2.77. The molecule has 0 radical (unpaired) electrons. The zero-order valence-electron chi connectivity index (χ0n) is 10.2. The summed E-state index contributed by atoms with van der Waals surface area (Å²) in [7, 11) is -3.57. The fourth-order valence-electron chi connectivity index (χ4n) is 3.10. The molecule has 0 atom stereocenters. The molecule has 96 valence electrons. The average Bonchev–Trinajstić information content (AvgIpc) is 2.77. The molecule has 1 heterocycles. The molecule has 0 saturated heterocycles. The van der Waals surface area contributed by atoms with Gasteiger partial charge in [0.1, 0.15) is 0 Å². The summed E-state index contributed by atoms with van der Waals surface area (Å²) in [5.74, 6) is -0.349. The van der Waals surface area contributed by atoms with Crippen molar-refractivity contribution in [3.8, 4) is 0 Å². The van der Waals surface area contributed by atoms with Gasteiger partial charge < -0.3 is 5.32 Å². The number of nitrogens with one attached hydrogen (secondary N) is 1. The number of rotatable bonds is 0. The van der Waals surface area contributed by atoms with Gasteiger partial charge in [0.15, 0.2) is 14.6 Å². The van der Waals surface area contributed by atoms with Crippen molar-refractivity contribution < 1.29 is 13.2 Å². The Morgan fingerprint density at radius 3 is 2.56 bits per heavy atom. The molecule has 0 bridgehead atoms. The number of aryl methyl sites for hydroxylation is 1. The first-order valence-corrected chi connectivity index (χ1v) is 7.63. The molecular formula is C13H15NO3S. The molecule has 1 aromatic rings. The van der Waals surface area contributed by atoms with Gasteiger partial charge >= 0.3 is 0 Å². The quantitative estimate of drug-likeness (QED) is 0.780. The minimum absolute atomic E-state index is 0.312. The summed E-state index contributed by atoms with van der Waals surface area (Å²) in [5.41, 5.74) is 1.14. The van der Waals surface area contributed by atoms with Gasteiger partial charge in [0.2, 0.25) is 5.91 Å². The van der Waals surface area contributed by atoms with Crippen LogP contribution in [-0.2, 0) is 14.6 Å². The minimum Gasteiger partial charge on any atom is -0.324 e. The van der Waals surface area contributed by atoms with E-state index < -0.39 is 14.6 Å². The second-order valence-electron chi connectivity index (χ2n) is 5.11. The SMILES string of the molecule is Cc1cccc2c1S(=O)(=O)C1(CCCC1)C(=O)N2. The Kier molecular flexibility index (Phi) is 2.32. The Morgan fingerprint density at radius 2 is 1.89 bits per heavy atom. The highest BCUT2D eigenvalue weighted by Gasteiger charge is 2.56. The first kappa shape index (κ1) is 11.7. The molecule has 1 fully saturated rings. The van der Waals surface area contributed by atoms with Crippen LogP contribution in [0.5, 0.6) is 0 Å². The van der Waals surface area contributed by atoms with Gasteiger partial charge in [-0.05, 0) is 31.4 Å². The fraction of sp³-hybridized carbons (Fsp3) is 0.462. The van der Waals surface area contributed by atoms with Gasteiger partial charge in [0, 0.05) is 0 Å². The van der Waals surface area contributed by atoms with Crippen molar-refractivity contribution in [2.24, 2.45) is 0 Å². The van der Waals surface area contributed by atoms with Crippen LogP contribution in [0.15, 0.2) is 23.1 Å². The van der Waals surface area contributed by atoms with Crippen LogP contribution >= 0.6 is 0 Å². The van der Waals surface area contributed by atoms with Crippen molar-refractivity contribution in [2.75, 3.05) is 5.32 Å². The molecule has 3 rings (SSSR count). The number of sulfone groups is 1. The van der Waals surface area contributed by atoms with E-state index in [1.165, 1.54) is 0 Å². The number of carbonyl (C=O) groups excluding carboxylic acids is 1. The monoisotopic (exact) mass is 265 g/mol. The van der Waals surface area contributed by atoms with E-state index in [2.05, 4.69) is 5.32 Å². The molecule has 1 saturated carbocycles. The van der Waals surface area contributed by atoms with Gasteiger partial charge in [-0.3, -0.25) is 4.79 Å². The highest BCUT2D eigenvalue weighted by atomic mass is 32.2. The molecule has 0 unspecified atom stereocenters. The van der Waals surface area contributed by atoms with Gasteiger partial charge in [-0.25, -0.2) is 8.42 Å². The van der Waals surface area contributed by atoms with E-state index in [0.717, 1.165) is 12.8 Å². The van der Waals surface area contributed by atoms with Crippen molar-refractivity contribution in [3.63, 3.8) is 0 Å². The highest BCUT2D eigenvalue weighted by molar-refractivity contribution is 7.94. The summed E-state index contributed by atoms with van der Waals surface area (Å²) in [4.78, 5) is 12.5. The zero-order valence-corrected chi connectivity index (χ0v) is 11.0. The average molecular weight is 265 g/mol. The van der Waals surface area contributed by atoms with Gasteiger partial charge in [0.05, 0.1) is 10.6 Å². The largest absolute Gasteiger partial charge is 0.324 e. The summed E-state index contributed by atoms with van der Waals surface area (Å²) >= 11 is 0. The van der Waals surface area contributed by atoms with E-state index in [1.807, 2.05) is 0 Å². The molecule has 18 heavy (non-hydrogen) atoms. The van der Waals surface area contributed by atoms with Crippen molar-refractivity contribution in [1.29, 1.82) is 0 Å². The molecule has 5 heteroatoms. The van der Waals surface area contributed by atoms with Crippen molar-refractivity contribution >= 4 is 21.4 Å². The van der Waals surface area contributed by atoms with Gasteiger partial charge in [0.25, 0.3) is 0 Å². The van der Waals surface area contributed by atoms with E-state index in [0.29, 0.717) is 29.0 Å². The highest BCUT2D eigenvalue weighted by Crippen LogP contribution is 2.46. The summed E-state index contributed by atoms with van der Waals surface area (Å²) in [6, 6.07) is 5.19. The maximum Gasteiger partial charge on any atom is 0.246 e. The molecule has 0 aromatic heterocycles. The summed E-state index contributed by atoms with van der Waals surface area (Å²) in [6.45, 7) is 1.77. The molecule has 1 spiro atoms. The number of anilines is 1. The Morgan fingerprint density at radius 1 is 1.22 bits per heavy atom. The summed E-state index contributed by atoms with van der Waals surface area (Å²) in [6.07, 6.45) is 2.48. The molecular weight excluding hydrogens is 250 g/mol. The Balaban J connectivity index is 2.32. The predicted octanol–water partition coefficient (Wildman–Crippen LogP) is 2.03. The van der Waals surface area contributed by atoms with Crippen LogP contribution in [0.4, 0.5) is 5.69 Å². The summed E-state index contributed by atoms with van der Waals surface area (Å²) < 4.78 is 24.4. The van der Waals surface area contributed by atoms with Gasteiger partial charge in [-0.15, -0.1) is 0 Å². The van der Waals surface area contributed by atoms with Crippen molar-refractivity contribution in [2.45, 2.75) is 42.2 Å². The molecule has 4 nitrogen and oxygen atoms in total. The number of carbonyl (C=O) groups is 1. The Labute approximate surface area is 106 Å². The lowest BCUT2D eigenvalue weighted by Gasteiger charge is -2.33. The van der Waals surface area contributed by atoms with Crippen molar-refractivity contribution in [3.05, 3.63) is 23.8 Å². The standard InChI is InChI=1S/C13H15NO3S/c1-9-5-4-6-10-11(9)18(16,17)13(12(15)14-10)7-2-3-8-13/h4-6H,2-3,7-8H2,1H3,(H,14,15). The van der Waals surface area contributed by atoms with E-state index >= 15 is 0 Å². The molecule has 1 aromatic carbocycles. The van der Waals surface area contributed by atoms with Crippen LogP contribution in [0.25, 0.3) is 0 Å². The van der Waals surface area contributed by atoms with Crippen LogP contribution in [0, 0.1) is 6.92 Å². The normalized spacial score (nSPS) is 23.7. The van der Waals surface area contributed by atoms with Crippen LogP contribution in [0.3, 0.4) is 0 Å². The number of benzene rings is 1. The molecule has 1 aliphatic carbocycles. The number of amides is 1. The smallest absolute Gasteiger partial charge is 0.246 e. The first-order chi connectivity index (χ1) is 8.49. The third-order valence-electron chi connectivity index (χ3n) is 4.07. The van der Waals surface area contributed by atoms with Gasteiger partial charge in [-0.1, -0.05) is 25.0 Å². The van der Waals surface area contributed by atoms with E-state index in [4.69, 9.17) is 0 Å². The minimum atomic E-state index is -3.57. The lowest BCUT2D eigenvalue weighted by molar-refractivity contribution is -0.118. The maximum absolute atomic E-state index is 12.8. The van der Waals surface area contributed by atoms with E-state index in [-0.39, 0.29) is 5.91 Å². The lowest BCUT2D eigenvalue weighted by Crippen LogP contribution is -2.51. The second-order valence-corrected chi connectivity index (χ2v) is 7.31. The second kappa shape index (κ2) is 3.57. The zero-order chi connectivity index (χ0) is 13.0. The van der Waals surface area contributed by atoms with Crippen molar-refractivity contribution in [1.82, 2.24) is 0 Å². The van der Waals surface area contributed by atoms with Crippen LogP contribution in [-0.4, -0.2) is 19.1 Å².